The van der Waals surface area contributed by atoms with Gasteiger partial charge in [-0.25, -0.2) is 0 Å². The molecule has 1 saturated carbocycles. The van der Waals surface area contributed by atoms with Gasteiger partial charge < -0.3 is 10.2 Å². The average molecular weight is 359 g/mol. The molecule has 2 aliphatic rings. The molecule has 2 fully saturated rings. The number of aromatic nitrogens is 2. The van der Waals surface area contributed by atoms with Crippen LogP contribution in [0.1, 0.15) is 36.2 Å². The first-order chi connectivity index (χ1) is 12.1. The van der Waals surface area contributed by atoms with Crippen LogP contribution in [0.4, 0.5) is 0 Å². The van der Waals surface area contributed by atoms with E-state index in [2.05, 4.69) is 32.1 Å². The molecule has 4 rings (SSSR count). The molecule has 6 heteroatoms. The number of aryl methyl sites for hydroxylation is 2. The van der Waals surface area contributed by atoms with E-state index in [9.17, 15) is 4.79 Å². The molecular formula is C19H26N4OS. The summed E-state index contributed by atoms with van der Waals surface area (Å²) >= 11 is 1.70. The van der Waals surface area contributed by atoms with E-state index in [0.29, 0.717) is 18.0 Å². The molecule has 1 spiro atoms. The maximum absolute atomic E-state index is 13.2. The van der Waals surface area contributed by atoms with Crippen molar-refractivity contribution >= 4 is 17.2 Å². The number of nitrogens with zero attached hydrogens (tertiary/aromatic N) is 3. The van der Waals surface area contributed by atoms with Crippen LogP contribution in [0.3, 0.4) is 0 Å². The van der Waals surface area contributed by atoms with E-state index in [-0.39, 0.29) is 5.91 Å². The molecule has 1 saturated heterocycles. The Bertz CT molecular complexity index is 746. The minimum absolute atomic E-state index is 0.192. The SMILES string of the molecule is Cc1cc(C)n(CC(=O)N(Cc2ccsc2)[C@H]2CC23CCNCC3)n1. The van der Waals surface area contributed by atoms with Gasteiger partial charge in [0.1, 0.15) is 6.54 Å². The van der Waals surface area contributed by atoms with Gasteiger partial charge in [-0.05, 0) is 80.1 Å². The van der Waals surface area contributed by atoms with Gasteiger partial charge in [0.15, 0.2) is 0 Å². The van der Waals surface area contributed by atoms with E-state index in [1.165, 1.54) is 18.4 Å². The molecule has 0 aromatic carbocycles. The Labute approximate surface area is 153 Å². The van der Waals surface area contributed by atoms with Crippen LogP contribution >= 0.6 is 11.3 Å². The van der Waals surface area contributed by atoms with Crippen molar-refractivity contribution in [1.82, 2.24) is 20.0 Å². The summed E-state index contributed by atoms with van der Waals surface area (Å²) in [6.45, 7) is 7.21. The lowest BCUT2D eigenvalue weighted by atomic mass is 9.93. The molecular weight excluding hydrogens is 332 g/mol. The fraction of sp³-hybridized carbons (Fsp3) is 0.579. The fourth-order valence-corrected chi connectivity index (χ4v) is 4.89. The second-order valence-corrected chi connectivity index (χ2v) is 8.35. The predicted octanol–water partition coefficient (Wildman–Crippen LogP) is 2.73. The molecule has 134 valence electrons. The molecule has 2 aromatic rings. The van der Waals surface area contributed by atoms with E-state index in [0.717, 1.165) is 37.4 Å². The highest BCUT2D eigenvalue weighted by Crippen LogP contribution is 2.56. The number of rotatable bonds is 5. The highest BCUT2D eigenvalue weighted by atomic mass is 32.1. The van der Waals surface area contributed by atoms with E-state index < -0.39 is 0 Å². The van der Waals surface area contributed by atoms with Crippen LogP contribution in [0, 0.1) is 19.3 Å². The van der Waals surface area contributed by atoms with Crippen molar-refractivity contribution in [2.75, 3.05) is 13.1 Å². The van der Waals surface area contributed by atoms with Crippen LogP contribution in [-0.4, -0.2) is 39.7 Å². The Kier molecular flexibility index (Phi) is 4.41. The third kappa shape index (κ3) is 3.37. The summed E-state index contributed by atoms with van der Waals surface area (Å²) in [5.74, 6) is 0.192. The van der Waals surface area contributed by atoms with Crippen molar-refractivity contribution in [2.24, 2.45) is 5.41 Å². The minimum Gasteiger partial charge on any atom is -0.333 e. The first-order valence-electron chi connectivity index (χ1n) is 9.10. The summed E-state index contributed by atoms with van der Waals surface area (Å²) in [7, 11) is 0. The van der Waals surface area contributed by atoms with Crippen molar-refractivity contribution in [3.05, 3.63) is 39.8 Å². The smallest absolute Gasteiger partial charge is 0.244 e. The van der Waals surface area contributed by atoms with Gasteiger partial charge in [-0.2, -0.15) is 16.4 Å². The maximum Gasteiger partial charge on any atom is 0.244 e. The third-order valence-electron chi connectivity index (χ3n) is 5.76. The van der Waals surface area contributed by atoms with Crippen LogP contribution < -0.4 is 5.32 Å². The lowest BCUT2D eigenvalue weighted by Crippen LogP contribution is -2.40. The minimum atomic E-state index is 0.192. The molecule has 2 aromatic heterocycles. The molecule has 0 unspecified atom stereocenters. The molecule has 1 atom stereocenters. The highest BCUT2D eigenvalue weighted by Gasteiger charge is 2.57. The fourth-order valence-electron chi connectivity index (χ4n) is 4.23. The summed E-state index contributed by atoms with van der Waals surface area (Å²) in [6, 6.07) is 4.55. The van der Waals surface area contributed by atoms with Crippen molar-refractivity contribution in [3.63, 3.8) is 0 Å². The summed E-state index contributed by atoms with van der Waals surface area (Å²) in [6.07, 6.45) is 3.53. The van der Waals surface area contributed by atoms with Gasteiger partial charge in [0.2, 0.25) is 5.91 Å². The van der Waals surface area contributed by atoms with Crippen LogP contribution in [-0.2, 0) is 17.9 Å². The normalized spacial score (nSPS) is 21.4. The molecule has 1 amide bonds. The number of amides is 1. The molecule has 1 N–H and O–H groups in total. The lowest BCUT2D eigenvalue weighted by Gasteiger charge is -2.29. The topological polar surface area (TPSA) is 50.2 Å². The molecule has 5 nitrogen and oxygen atoms in total. The van der Waals surface area contributed by atoms with E-state index >= 15 is 0 Å². The third-order valence-corrected chi connectivity index (χ3v) is 6.50. The Hall–Kier alpha value is -1.66. The van der Waals surface area contributed by atoms with Gasteiger partial charge in [-0.3, -0.25) is 9.48 Å². The van der Waals surface area contributed by atoms with Crippen LogP contribution in [0.5, 0.6) is 0 Å². The van der Waals surface area contributed by atoms with Crippen LogP contribution in [0.15, 0.2) is 22.9 Å². The van der Waals surface area contributed by atoms with Crippen molar-refractivity contribution in [1.29, 1.82) is 0 Å². The second kappa shape index (κ2) is 6.57. The van der Waals surface area contributed by atoms with Crippen LogP contribution in [0.2, 0.25) is 0 Å². The number of hydrogen-bond acceptors (Lipinski definition) is 4. The van der Waals surface area contributed by atoms with Gasteiger partial charge in [0, 0.05) is 18.3 Å². The Balaban J connectivity index is 1.53. The summed E-state index contributed by atoms with van der Waals surface area (Å²) in [4.78, 5) is 15.3. The van der Waals surface area contributed by atoms with E-state index in [1.807, 2.05) is 24.6 Å². The lowest BCUT2D eigenvalue weighted by molar-refractivity contribution is -0.134. The zero-order valence-electron chi connectivity index (χ0n) is 15.0. The molecule has 25 heavy (non-hydrogen) atoms. The summed E-state index contributed by atoms with van der Waals surface area (Å²) in [5, 5.41) is 12.2. The van der Waals surface area contributed by atoms with Crippen LogP contribution in [0.25, 0.3) is 0 Å². The average Bonchev–Trinajstić information content (AvgIpc) is 2.94. The summed E-state index contributed by atoms with van der Waals surface area (Å²) < 4.78 is 1.84. The first-order valence-corrected chi connectivity index (χ1v) is 10.0. The van der Waals surface area contributed by atoms with Crippen molar-refractivity contribution in [3.8, 4) is 0 Å². The van der Waals surface area contributed by atoms with Gasteiger partial charge in [-0.15, -0.1) is 0 Å². The van der Waals surface area contributed by atoms with Gasteiger partial charge in [0.25, 0.3) is 0 Å². The van der Waals surface area contributed by atoms with E-state index in [4.69, 9.17) is 0 Å². The number of piperidine rings is 1. The molecule has 1 aliphatic carbocycles. The number of hydrogen-bond donors (Lipinski definition) is 1. The standard InChI is InChI=1S/C19H26N4OS/c1-14-9-15(2)23(21-14)12-18(24)22(11-16-3-8-25-13-16)17-10-19(17)4-6-20-7-5-19/h3,8-9,13,17,20H,4-7,10-12H2,1-2H3/t17-/m0/s1. The quantitative estimate of drug-likeness (QED) is 0.894. The summed E-state index contributed by atoms with van der Waals surface area (Å²) in [5.41, 5.74) is 3.61. The molecule has 0 radical (unpaired) electrons. The van der Waals surface area contributed by atoms with Gasteiger partial charge in [0.05, 0.1) is 5.69 Å². The number of thiophene rings is 1. The van der Waals surface area contributed by atoms with Crippen molar-refractivity contribution < 1.29 is 4.79 Å². The second-order valence-electron chi connectivity index (χ2n) is 7.57. The first kappa shape index (κ1) is 16.8. The van der Waals surface area contributed by atoms with Crippen molar-refractivity contribution in [2.45, 2.75) is 52.2 Å². The molecule has 1 aliphatic heterocycles. The Morgan fingerprint density at radius 1 is 1.44 bits per heavy atom. The number of carbonyl (C=O) groups is 1. The molecule has 3 heterocycles. The highest BCUT2D eigenvalue weighted by molar-refractivity contribution is 7.07. The molecule has 0 bridgehead atoms. The number of carbonyl (C=O) groups excluding carboxylic acids is 1. The monoisotopic (exact) mass is 358 g/mol. The van der Waals surface area contributed by atoms with E-state index in [1.54, 1.807) is 11.3 Å². The van der Waals surface area contributed by atoms with Gasteiger partial charge in [-0.1, -0.05) is 0 Å². The largest absolute Gasteiger partial charge is 0.333 e. The zero-order valence-corrected chi connectivity index (χ0v) is 15.8. The maximum atomic E-state index is 13.2. The zero-order chi connectivity index (χ0) is 17.4. The predicted molar refractivity (Wildman–Crippen MR) is 99.5 cm³/mol. The van der Waals surface area contributed by atoms with Gasteiger partial charge >= 0.3 is 0 Å². The number of nitrogens with one attached hydrogen (secondary N) is 1. The Morgan fingerprint density at radius 2 is 2.24 bits per heavy atom. The Morgan fingerprint density at radius 3 is 2.88 bits per heavy atom.